The van der Waals surface area contributed by atoms with Crippen LogP contribution in [0.15, 0.2) is 24.5 Å². The molecule has 0 aromatic carbocycles. The fourth-order valence-electron chi connectivity index (χ4n) is 2.30. The second-order valence-electron chi connectivity index (χ2n) is 4.19. The molecule has 1 N–H and O–H groups in total. The summed E-state index contributed by atoms with van der Waals surface area (Å²) < 4.78 is 5.18. The Morgan fingerprint density at radius 1 is 1.47 bits per heavy atom. The zero-order chi connectivity index (χ0) is 10.3. The summed E-state index contributed by atoms with van der Waals surface area (Å²) in [7, 11) is 1.68. The number of rotatable bonds is 2. The fourth-order valence-corrected chi connectivity index (χ4v) is 2.30. The second kappa shape index (κ2) is 3.35. The van der Waals surface area contributed by atoms with Gasteiger partial charge in [-0.05, 0) is 23.6 Å². The van der Waals surface area contributed by atoms with Crippen LogP contribution in [0.4, 0.5) is 0 Å². The van der Waals surface area contributed by atoms with Crippen molar-refractivity contribution in [3.8, 4) is 5.75 Å². The Labute approximate surface area is 89.2 Å². The summed E-state index contributed by atoms with van der Waals surface area (Å²) in [5, 5.41) is 3.43. The number of aromatic nitrogens is 1. The average Bonchev–Trinajstić information content (AvgIpc) is 2.55. The third-order valence-corrected chi connectivity index (χ3v) is 3.31. The molecule has 2 aliphatic rings. The summed E-state index contributed by atoms with van der Waals surface area (Å²) in [5.41, 5.74) is 2.60. The van der Waals surface area contributed by atoms with Gasteiger partial charge in [0.1, 0.15) is 5.75 Å². The van der Waals surface area contributed by atoms with Gasteiger partial charge in [0.05, 0.1) is 13.3 Å². The van der Waals surface area contributed by atoms with E-state index < -0.39 is 0 Å². The Kier molecular flexibility index (Phi) is 1.99. The molecule has 1 aliphatic carbocycles. The van der Waals surface area contributed by atoms with Crippen LogP contribution >= 0.6 is 0 Å². The predicted molar refractivity (Wildman–Crippen MR) is 58.7 cm³/mol. The number of ether oxygens (including phenoxy) is 1. The van der Waals surface area contributed by atoms with Crippen molar-refractivity contribution in [2.45, 2.75) is 12.5 Å². The van der Waals surface area contributed by atoms with Gasteiger partial charge in [0.25, 0.3) is 0 Å². The van der Waals surface area contributed by atoms with Crippen molar-refractivity contribution < 1.29 is 4.74 Å². The first-order chi connectivity index (χ1) is 7.36. The third-order valence-electron chi connectivity index (χ3n) is 3.31. The van der Waals surface area contributed by atoms with E-state index in [9.17, 15) is 0 Å². The van der Waals surface area contributed by atoms with Crippen LogP contribution in [0.3, 0.4) is 0 Å². The molecule has 3 rings (SSSR count). The smallest absolute Gasteiger partial charge is 0.137 e. The van der Waals surface area contributed by atoms with Gasteiger partial charge in [0.15, 0.2) is 0 Å². The normalized spacial score (nSPS) is 27.9. The Morgan fingerprint density at radius 2 is 2.40 bits per heavy atom. The van der Waals surface area contributed by atoms with E-state index in [4.69, 9.17) is 4.74 Å². The van der Waals surface area contributed by atoms with Crippen LogP contribution in [-0.2, 0) is 0 Å². The first kappa shape index (κ1) is 8.92. The molecule has 3 nitrogen and oxygen atoms in total. The molecular weight excluding hydrogens is 188 g/mol. The van der Waals surface area contributed by atoms with Crippen LogP contribution in [-0.4, -0.2) is 24.7 Å². The molecule has 0 saturated carbocycles. The van der Waals surface area contributed by atoms with Gasteiger partial charge in [-0.15, -0.1) is 0 Å². The lowest BCUT2D eigenvalue weighted by Crippen LogP contribution is -2.49. The van der Waals surface area contributed by atoms with Crippen molar-refractivity contribution in [2.75, 3.05) is 13.7 Å². The van der Waals surface area contributed by atoms with E-state index in [2.05, 4.69) is 22.4 Å². The molecule has 0 radical (unpaired) electrons. The van der Waals surface area contributed by atoms with Crippen molar-refractivity contribution in [3.63, 3.8) is 0 Å². The number of fused-ring (bicyclic) bond motifs is 1. The number of nitrogens with zero attached hydrogens (tertiary/aromatic N) is 1. The lowest BCUT2D eigenvalue weighted by atomic mass is 9.95. The standard InChI is InChI=1S/C12H14N2O/c1-15-11-3-9(5-13-7-11)8-2-10-6-14-12(10)4-8/h2-3,5,7,10,12,14H,4,6H2,1H3/t10-,12-/m1/s1. The molecule has 1 fully saturated rings. The Morgan fingerprint density at radius 3 is 3.00 bits per heavy atom. The summed E-state index contributed by atoms with van der Waals surface area (Å²) in [6.07, 6.45) is 7.15. The van der Waals surface area contributed by atoms with Crippen molar-refractivity contribution in [2.24, 2.45) is 5.92 Å². The first-order valence-electron chi connectivity index (χ1n) is 5.30. The van der Waals surface area contributed by atoms with Crippen LogP contribution in [0.5, 0.6) is 5.75 Å². The van der Waals surface area contributed by atoms with E-state index in [1.54, 1.807) is 13.3 Å². The Hall–Kier alpha value is -1.35. The number of hydrogen-bond acceptors (Lipinski definition) is 3. The number of nitrogens with one attached hydrogen (secondary N) is 1. The first-order valence-corrected chi connectivity index (χ1v) is 5.30. The topological polar surface area (TPSA) is 34.1 Å². The van der Waals surface area contributed by atoms with Gasteiger partial charge in [0.2, 0.25) is 0 Å². The number of methoxy groups -OCH3 is 1. The third kappa shape index (κ3) is 1.43. The monoisotopic (exact) mass is 202 g/mol. The SMILES string of the molecule is COc1cncc(C2=C[C@@H]3CN[C@@H]3C2)c1. The van der Waals surface area contributed by atoms with Crippen molar-refractivity contribution in [1.29, 1.82) is 0 Å². The highest BCUT2D eigenvalue weighted by molar-refractivity contribution is 5.69. The maximum absolute atomic E-state index is 5.18. The highest BCUT2D eigenvalue weighted by Gasteiger charge is 2.34. The molecule has 1 aromatic rings. The summed E-state index contributed by atoms with van der Waals surface area (Å²) in [4.78, 5) is 4.18. The minimum absolute atomic E-state index is 0.672. The lowest BCUT2D eigenvalue weighted by molar-refractivity contribution is 0.306. The summed E-state index contributed by atoms with van der Waals surface area (Å²) in [6, 6.07) is 2.73. The van der Waals surface area contributed by atoms with Crippen LogP contribution in [0, 0.1) is 5.92 Å². The van der Waals surface area contributed by atoms with Crippen LogP contribution in [0.2, 0.25) is 0 Å². The van der Waals surface area contributed by atoms with Gasteiger partial charge >= 0.3 is 0 Å². The van der Waals surface area contributed by atoms with Gasteiger partial charge in [0, 0.05) is 24.7 Å². The molecule has 15 heavy (non-hydrogen) atoms. The highest BCUT2D eigenvalue weighted by atomic mass is 16.5. The maximum Gasteiger partial charge on any atom is 0.137 e. The summed E-state index contributed by atoms with van der Waals surface area (Å²) >= 11 is 0. The van der Waals surface area contributed by atoms with Gasteiger partial charge in [-0.2, -0.15) is 0 Å². The van der Waals surface area contributed by atoms with Gasteiger partial charge < -0.3 is 10.1 Å². The molecule has 2 heterocycles. The zero-order valence-electron chi connectivity index (χ0n) is 8.73. The molecule has 2 atom stereocenters. The fraction of sp³-hybridized carbons (Fsp3) is 0.417. The zero-order valence-corrected chi connectivity index (χ0v) is 8.73. The van der Waals surface area contributed by atoms with Gasteiger partial charge in [-0.3, -0.25) is 4.98 Å². The van der Waals surface area contributed by atoms with Crippen LogP contribution in [0.25, 0.3) is 5.57 Å². The number of pyridine rings is 1. The molecule has 3 heteroatoms. The number of hydrogen-bond donors (Lipinski definition) is 1. The van der Waals surface area contributed by atoms with Crippen LogP contribution in [0.1, 0.15) is 12.0 Å². The molecular formula is C12H14N2O. The average molecular weight is 202 g/mol. The van der Waals surface area contributed by atoms with E-state index in [0.717, 1.165) is 24.6 Å². The molecule has 1 saturated heterocycles. The largest absolute Gasteiger partial charge is 0.495 e. The molecule has 1 aromatic heterocycles. The highest BCUT2D eigenvalue weighted by Crippen LogP contribution is 2.36. The maximum atomic E-state index is 5.18. The van der Waals surface area contributed by atoms with Gasteiger partial charge in [-0.25, -0.2) is 0 Å². The summed E-state index contributed by atoms with van der Waals surface area (Å²) in [6.45, 7) is 1.13. The second-order valence-corrected chi connectivity index (χ2v) is 4.19. The summed E-state index contributed by atoms with van der Waals surface area (Å²) in [5.74, 6) is 1.58. The Bertz CT molecular complexity index is 414. The molecule has 1 aliphatic heterocycles. The Balaban J connectivity index is 1.89. The van der Waals surface area contributed by atoms with E-state index in [0.29, 0.717) is 6.04 Å². The van der Waals surface area contributed by atoms with Crippen molar-refractivity contribution in [3.05, 3.63) is 30.1 Å². The quantitative estimate of drug-likeness (QED) is 0.788. The predicted octanol–water partition coefficient (Wildman–Crippen LogP) is 1.47. The molecule has 78 valence electrons. The van der Waals surface area contributed by atoms with E-state index in [1.807, 2.05) is 6.20 Å². The molecule has 0 bridgehead atoms. The van der Waals surface area contributed by atoms with E-state index in [-0.39, 0.29) is 0 Å². The minimum atomic E-state index is 0.672. The van der Waals surface area contributed by atoms with Crippen molar-refractivity contribution >= 4 is 5.57 Å². The van der Waals surface area contributed by atoms with Crippen LogP contribution < -0.4 is 10.1 Å². The van der Waals surface area contributed by atoms with Crippen molar-refractivity contribution in [1.82, 2.24) is 10.3 Å². The lowest BCUT2D eigenvalue weighted by Gasteiger charge is -2.31. The van der Waals surface area contributed by atoms with E-state index in [1.165, 1.54) is 11.1 Å². The van der Waals surface area contributed by atoms with E-state index >= 15 is 0 Å². The minimum Gasteiger partial charge on any atom is -0.495 e. The molecule has 0 unspecified atom stereocenters. The molecule has 0 spiro atoms. The van der Waals surface area contributed by atoms with Gasteiger partial charge in [-0.1, -0.05) is 6.08 Å². The molecule has 0 amide bonds.